The number of ether oxygens (including phenoxy) is 2. The Hall–Kier alpha value is -1.75. The van der Waals surface area contributed by atoms with Gasteiger partial charge in [0.25, 0.3) is 0 Å². The smallest absolute Gasteiger partial charge is 0.191 e. The average Bonchev–Trinajstić information content (AvgIpc) is 2.61. The zero-order valence-electron chi connectivity index (χ0n) is 15.4. The van der Waals surface area contributed by atoms with Gasteiger partial charge in [-0.15, -0.1) is 0 Å². The van der Waals surface area contributed by atoms with Gasteiger partial charge in [-0.05, 0) is 43.9 Å². The van der Waals surface area contributed by atoms with Gasteiger partial charge < -0.3 is 20.1 Å². The Morgan fingerprint density at radius 1 is 1.08 bits per heavy atom. The minimum absolute atomic E-state index is 0.726. The molecule has 5 heteroatoms. The highest BCUT2D eigenvalue weighted by molar-refractivity contribution is 5.79. The zero-order chi connectivity index (χ0) is 17.5. The highest BCUT2D eigenvalue weighted by atomic mass is 16.5. The zero-order valence-corrected chi connectivity index (χ0v) is 15.4. The van der Waals surface area contributed by atoms with Gasteiger partial charge in [0, 0.05) is 33.4 Å². The molecule has 0 radical (unpaired) electrons. The topological polar surface area (TPSA) is 54.9 Å². The molecule has 1 aromatic rings. The van der Waals surface area contributed by atoms with Crippen molar-refractivity contribution in [1.29, 1.82) is 0 Å². The Morgan fingerprint density at radius 3 is 2.71 bits per heavy atom. The Bertz CT molecular complexity index is 464. The van der Waals surface area contributed by atoms with E-state index in [2.05, 4.69) is 34.7 Å². The summed E-state index contributed by atoms with van der Waals surface area (Å²) in [4.78, 5) is 4.25. The van der Waals surface area contributed by atoms with E-state index in [4.69, 9.17) is 9.47 Å². The molecule has 0 unspecified atom stereocenters. The maximum absolute atomic E-state index is 5.75. The van der Waals surface area contributed by atoms with Crippen molar-refractivity contribution in [3.8, 4) is 5.75 Å². The molecule has 0 aliphatic heterocycles. The molecule has 1 aromatic carbocycles. The lowest BCUT2D eigenvalue weighted by atomic mass is 10.2. The van der Waals surface area contributed by atoms with Crippen LogP contribution in [0.4, 0.5) is 0 Å². The normalized spacial score (nSPS) is 11.4. The number of hydrogen-bond acceptors (Lipinski definition) is 3. The molecule has 5 nitrogen and oxygen atoms in total. The van der Waals surface area contributed by atoms with Crippen molar-refractivity contribution in [2.24, 2.45) is 4.99 Å². The first kappa shape index (κ1) is 20.3. The van der Waals surface area contributed by atoms with Crippen molar-refractivity contribution in [2.45, 2.75) is 46.1 Å². The van der Waals surface area contributed by atoms with E-state index in [0.29, 0.717) is 0 Å². The van der Waals surface area contributed by atoms with E-state index in [1.54, 1.807) is 7.05 Å². The molecule has 0 aliphatic carbocycles. The molecule has 136 valence electrons. The SMILES string of the molecule is CCCCOc1cccc(CNC(=NC)NCCCCOCC)c1. The van der Waals surface area contributed by atoms with Crippen LogP contribution >= 0.6 is 0 Å². The van der Waals surface area contributed by atoms with E-state index in [9.17, 15) is 0 Å². The third-order valence-electron chi connectivity index (χ3n) is 3.56. The van der Waals surface area contributed by atoms with Gasteiger partial charge in [0.05, 0.1) is 6.61 Å². The lowest BCUT2D eigenvalue weighted by molar-refractivity contribution is 0.143. The van der Waals surface area contributed by atoms with Gasteiger partial charge in [0.15, 0.2) is 5.96 Å². The molecule has 0 spiro atoms. The number of rotatable bonds is 12. The van der Waals surface area contributed by atoms with E-state index >= 15 is 0 Å². The standard InChI is InChI=1S/C19H33N3O2/c1-4-6-14-24-18-11-9-10-17(15-18)16-22-19(20-3)21-12-7-8-13-23-5-2/h9-11,15H,4-8,12-14,16H2,1-3H3,(H2,20,21,22). The molecular weight excluding hydrogens is 302 g/mol. The second-order valence-corrected chi connectivity index (χ2v) is 5.61. The van der Waals surface area contributed by atoms with E-state index < -0.39 is 0 Å². The van der Waals surface area contributed by atoms with Gasteiger partial charge in [0.1, 0.15) is 5.75 Å². The summed E-state index contributed by atoms with van der Waals surface area (Å²) in [6.07, 6.45) is 4.37. The maximum Gasteiger partial charge on any atom is 0.191 e. The highest BCUT2D eigenvalue weighted by Gasteiger charge is 2.00. The van der Waals surface area contributed by atoms with Crippen LogP contribution < -0.4 is 15.4 Å². The molecule has 0 saturated heterocycles. The number of hydrogen-bond donors (Lipinski definition) is 2. The Morgan fingerprint density at radius 2 is 1.96 bits per heavy atom. The van der Waals surface area contributed by atoms with Gasteiger partial charge in [0.2, 0.25) is 0 Å². The number of guanidine groups is 1. The summed E-state index contributed by atoms with van der Waals surface area (Å²) in [6, 6.07) is 8.21. The van der Waals surface area contributed by atoms with Crippen molar-refractivity contribution in [3.05, 3.63) is 29.8 Å². The number of nitrogens with zero attached hydrogens (tertiary/aromatic N) is 1. The molecule has 0 amide bonds. The molecule has 0 atom stereocenters. The van der Waals surface area contributed by atoms with E-state index in [0.717, 1.165) is 70.3 Å². The first-order chi connectivity index (χ1) is 11.8. The lowest BCUT2D eigenvalue weighted by Gasteiger charge is -2.13. The van der Waals surface area contributed by atoms with Gasteiger partial charge in [-0.25, -0.2) is 0 Å². The van der Waals surface area contributed by atoms with Crippen LogP contribution in [0.3, 0.4) is 0 Å². The predicted molar refractivity (Wildman–Crippen MR) is 101 cm³/mol. The summed E-state index contributed by atoms with van der Waals surface area (Å²) in [5, 5.41) is 6.66. The lowest BCUT2D eigenvalue weighted by Crippen LogP contribution is -2.37. The summed E-state index contributed by atoms with van der Waals surface area (Å²) in [5.74, 6) is 1.75. The van der Waals surface area contributed by atoms with Crippen molar-refractivity contribution >= 4 is 5.96 Å². The summed E-state index contributed by atoms with van der Waals surface area (Å²) < 4.78 is 11.1. The molecule has 1 rings (SSSR count). The average molecular weight is 335 g/mol. The number of aliphatic imine (C=N–C) groups is 1. The largest absolute Gasteiger partial charge is 0.494 e. The van der Waals surface area contributed by atoms with Gasteiger partial charge in [-0.3, -0.25) is 4.99 Å². The Labute approximate surface area is 146 Å². The molecule has 24 heavy (non-hydrogen) atoms. The molecule has 0 saturated carbocycles. The van der Waals surface area contributed by atoms with Crippen LogP contribution in [-0.4, -0.2) is 39.4 Å². The van der Waals surface area contributed by atoms with Crippen molar-refractivity contribution in [2.75, 3.05) is 33.4 Å². The molecule has 0 aliphatic rings. The molecule has 0 aromatic heterocycles. The Kier molecular flexibility index (Phi) is 11.6. The summed E-state index contributed by atoms with van der Waals surface area (Å²) in [7, 11) is 1.79. The van der Waals surface area contributed by atoms with Crippen LogP contribution in [0.2, 0.25) is 0 Å². The number of unbranched alkanes of at least 4 members (excludes halogenated alkanes) is 2. The number of benzene rings is 1. The van der Waals surface area contributed by atoms with Crippen LogP contribution in [0.1, 0.15) is 45.1 Å². The van der Waals surface area contributed by atoms with E-state index in [-0.39, 0.29) is 0 Å². The summed E-state index contributed by atoms with van der Waals surface area (Å²) >= 11 is 0. The highest BCUT2D eigenvalue weighted by Crippen LogP contribution is 2.13. The first-order valence-electron chi connectivity index (χ1n) is 9.04. The van der Waals surface area contributed by atoms with Gasteiger partial charge in [-0.1, -0.05) is 25.5 Å². The maximum atomic E-state index is 5.75. The quantitative estimate of drug-likeness (QED) is 0.349. The molecule has 0 fully saturated rings. The van der Waals surface area contributed by atoms with Crippen molar-refractivity contribution < 1.29 is 9.47 Å². The van der Waals surface area contributed by atoms with Crippen molar-refractivity contribution in [3.63, 3.8) is 0 Å². The minimum atomic E-state index is 0.726. The third-order valence-corrected chi connectivity index (χ3v) is 3.56. The molecular formula is C19H33N3O2. The second-order valence-electron chi connectivity index (χ2n) is 5.61. The van der Waals surface area contributed by atoms with Crippen LogP contribution in [0, 0.1) is 0 Å². The molecule has 0 bridgehead atoms. The monoisotopic (exact) mass is 335 g/mol. The van der Waals surface area contributed by atoms with Crippen LogP contribution in [0.25, 0.3) is 0 Å². The third kappa shape index (κ3) is 9.40. The van der Waals surface area contributed by atoms with Gasteiger partial charge >= 0.3 is 0 Å². The first-order valence-corrected chi connectivity index (χ1v) is 9.04. The van der Waals surface area contributed by atoms with E-state index in [1.165, 1.54) is 5.56 Å². The second kappa shape index (κ2) is 13.7. The molecule has 2 N–H and O–H groups in total. The number of nitrogens with one attached hydrogen (secondary N) is 2. The predicted octanol–water partition coefficient (Wildman–Crippen LogP) is 3.35. The fourth-order valence-electron chi connectivity index (χ4n) is 2.17. The van der Waals surface area contributed by atoms with Crippen molar-refractivity contribution in [1.82, 2.24) is 10.6 Å². The molecule has 0 heterocycles. The van der Waals surface area contributed by atoms with E-state index in [1.807, 2.05) is 19.1 Å². The van der Waals surface area contributed by atoms with Gasteiger partial charge in [-0.2, -0.15) is 0 Å². The Balaban J connectivity index is 2.28. The summed E-state index contributed by atoms with van der Waals surface area (Å²) in [5.41, 5.74) is 1.18. The van der Waals surface area contributed by atoms with Crippen LogP contribution in [-0.2, 0) is 11.3 Å². The fraction of sp³-hybridized carbons (Fsp3) is 0.632. The summed E-state index contributed by atoms with van der Waals surface area (Å²) in [6.45, 7) is 8.20. The fourth-order valence-corrected chi connectivity index (χ4v) is 2.17. The minimum Gasteiger partial charge on any atom is -0.494 e. The van der Waals surface area contributed by atoms with Crippen LogP contribution in [0.15, 0.2) is 29.3 Å². The van der Waals surface area contributed by atoms with Crippen LogP contribution in [0.5, 0.6) is 5.75 Å².